The topological polar surface area (TPSA) is 79.7 Å². The molecular formula is C25H27F4N5O3. The monoisotopic (exact) mass is 521 g/mol. The molecule has 0 saturated carbocycles. The Morgan fingerprint density at radius 1 is 1.14 bits per heavy atom. The zero-order valence-corrected chi connectivity index (χ0v) is 20.4. The molecule has 1 saturated heterocycles. The molecule has 1 aliphatic heterocycles. The van der Waals surface area contributed by atoms with Gasteiger partial charge < -0.3 is 15.0 Å². The summed E-state index contributed by atoms with van der Waals surface area (Å²) in [4.78, 5) is 32.9. The predicted molar refractivity (Wildman–Crippen MR) is 132 cm³/mol. The maximum absolute atomic E-state index is 14.4. The molecule has 8 nitrogen and oxygen atoms in total. The molecule has 0 aliphatic carbocycles. The van der Waals surface area contributed by atoms with Crippen molar-refractivity contribution in [1.82, 2.24) is 14.5 Å². The van der Waals surface area contributed by atoms with Gasteiger partial charge in [0.15, 0.2) is 0 Å². The second-order valence-electron chi connectivity index (χ2n) is 8.83. The van der Waals surface area contributed by atoms with Crippen LogP contribution in [0.1, 0.15) is 15.9 Å². The van der Waals surface area contributed by atoms with E-state index in [1.165, 1.54) is 29.7 Å². The lowest BCUT2D eigenvalue weighted by molar-refractivity contribution is -0.146. The third-order valence-corrected chi connectivity index (χ3v) is 6.30. The lowest BCUT2D eigenvalue weighted by Crippen LogP contribution is -2.50. The van der Waals surface area contributed by atoms with Crippen LogP contribution in [0.25, 0.3) is 10.9 Å². The summed E-state index contributed by atoms with van der Waals surface area (Å²) in [5.41, 5.74) is 1.29. The minimum absolute atomic E-state index is 0.118. The van der Waals surface area contributed by atoms with Gasteiger partial charge in [-0.15, -0.1) is 0 Å². The molecule has 198 valence electrons. The molecule has 3 aromatic rings. The number of alkyl halides is 3. The number of piperazine rings is 1. The zero-order valence-electron chi connectivity index (χ0n) is 20.4. The van der Waals surface area contributed by atoms with E-state index in [0.717, 1.165) is 6.07 Å². The minimum atomic E-state index is -4.28. The van der Waals surface area contributed by atoms with Crippen LogP contribution < -0.4 is 15.8 Å². The van der Waals surface area contributed by atoms with Gasteiger partial charge in [-0.2, -0.15) is 13.2 Å². The molecule has 2 heterocycles. The van der Waals surface area contributed by atoms with Crippen LogP contribution in [-0.4, -0.2) is 73.0 Å². The van der Waals surface area contributed by atoms with Crippen molar-refractivity contribution in [2.24, 2.45) is 7.05 Å². The minimum Gasteiger partial charge on any atom is -0.465 e. The molecule has 0 radical (unpaired) electrons. The quantitative estimate of drug-likeness (QED) is 0.378. The molecule has 1 fully saturated rings. The number of halogens is 4. The number of benzene rings is 2. The number of nitrogens with zero attached hydrogens (tertiary/aromatic N) is 4. The number of rotatable bonds is 7. The number of carbonyl (C=O) groups is 1. The summed E-state index contributed by atoms with van der Waals surface area (Å²) < 4.78 is 58.8. The Bertz CT molecular complexity index is 1350. The van der Waals surface area contributed by atoms with Gasteiger partial charge in [0.25, 0.3) is 5.56 Å². The van der Waals surface area contributed by atoms with E-state index >= 15 is 0 Å². The number of nitrogens with one attached hydrogen (secondary N) is 1. The van der Waals surface area contributed by atoms with Crippen molar-refractivity contribution >= 4 is 28.5 Å². The number of hydrogen-bond acceptors (Lipinski definition) is 7. The fourth-order valence-electron chi connectivity index (χ4n) is 4.49. The highest BCUT2D eigenvalue weighted by atomic mass is 19.4. The van der Waals surface area contributed by atoms with Crippen LogP contribution in [0.15, 0.2) is 41.2 Å². The Kier molecular flexibility index (Phi) is 7.67. The van der Waals surface area contributed by atoms with Crippen molar-refractivity contribution in [3.05, 3.63) is 63.7 Å². The molecular weight excluding hydrogens is 494 g/mol. The summed E-state index contributed by atoms with van der Waals surface area (Å²) in [6.07, 6.45) is -3.98. The molecule has 1 aliphatic rings. The maximum atomic E-state index is 14.4. The highest BCUT2D eigenvalue weighted by molar-refractivity contribution is 5.95. The molecule has 37 heavy (non-hydrogen) atoms. The lowest BCUT2D eigenvalue weighted by Gasteiger charge is -2.36. The highest BCUT2D eigenvalue weighted by Crippen LogP contribution is 2.23. The van der Waals surface area contributed by atoms with Gasteiger partial charge in [-0.25, -0.2) is 14.2 Å². The molecule has 0 amide bonds. The molecule has 1 aromatic heterocycles. The lowest BCUT2D eigenvalue weighted by atomic mass is 10.1. The van der Waals surface area contributed by atoms with E-state index in [0.29, 0.717) is 41.2 Å². The number of para-hydroxylation sites is 1. The van der Waals surface area contributed by atoms with Gasteiger partial charge in [0.1, 0.15) is 5.82 Å². The van der Waals surface area contributed by atoms with E-state index < -0.39 is 30.1 Å². The first-order valence-electron chi connectivity index (χ1n) is 11.7. The van der Waals surface area contributed by atoms with Crippen LogP contribution in [0.5, 0.6) is 0 Å². The zero-order chi connectivity index (χ0) is 26.7. The SMILES string of the molecule is COC(=O)c1ccccc1NCCc1cc(F)cc2c(=O)n(C)c(N3CCN(CC(F)(F)F)CC3)nc12. The van der Waals surface area contributed by atoms with E-state index in [2.05, 4.69) is 10.3 Å². The number of hydrogen-bond donors (Lipinski definition) is 1. The van der Waals surface area contributed by atoms with E-state index in [-0.39, 0.29) is 31.6 Å². The third-order valence-electron chi connectivity index (χ3n) is 6.30. The van der Waals surface area contributed by atoms with Gasteiger partial charge in [0, 0.05) is 45.5 Å². The molecule has 4 rings (SSSR count). The summed E-state index contributed by atoms with van der Waals surface area (Å²) in [5.74, 6) is -0.754. The van der Waals surface area contributed by atoms with Crippen molar-refractivity contribution in [3.8, 4) is 0 Å². The van der Waals surface area contributed by atoms with Crippen molar-refractivity contribution in [2.45, 2.75) is 12.6 Å². The predicted octanol–water partition coefficient (Wildman–Crippen LogP) is 3.20. The molecule has 12 heteroatoms. The smallest absolute Gasteiger partial charge is 0.401 e. The first-order valence-corrected chi connectivity index (χ1v) is 11.7. The average Bonchev–Trinajstić information content (AvgIpc) is 2.86. The third kappa shape index (κ3) is 6.01. The fraction of sp³-hybridized carbons (Fsp3) is 0.400. The fourth-order valence-corrected chi connectivity index (χ4v) is 4.49. The van der Waals surface area contributed by atoms with E-state index in [1.54, 1.807) is 29.2 Å². The summed E-state index contributed by atoms with van der Waals surface area (Å²) >= 11 is 0. The van der Waals surface area contributed by atoms with E-state index in [1.807, 2.05) is 0 Å². The van der Waals surface area contributed by atoms with Gasteiger partial charge in [0.05, 0.1) is 30.1 Å². The first-order chi connectivity index (χ1) is 17.6. The molecule has 1 N–H and O–H groups in total. The summed E-state index contributed by atoms with van der Waals surface area (Å²) in [6, 6.07) is 9.27. The van der Waals surface area contributed by atoms with Crippen LogP contribution in [0, 0.1) is 5.82 Å². The van der Waals surface area contributed by atoms with Gasteiger partial charge in [-0.3, -0.25) is 14.3 Å². The van der Waals surface area contributed by atoms with Crippen LogP contribution in [0.3, 0.4) is 0 Å². The van der Waals surface area contributed by atoms with Gasteiger partial charge in [-0.05, 0) is 36.2 Å². The summed E-state index contributed by atoms with van der Waals surface area (Å²) in [6.45, 7) is 0.213. The van der Waals surface area contributed by atoms with Crippen molar-refractivity contribution in [1.29, 1.82) is 0 Å². The molecule has 0 spiro atoms. The molecule has 2 aromatic carbocycles. The average molecular weight is 522 g/mol. The Hall–Kier alpha value is -3.67. The molecule has 0 unspecified atom stereocenters. The normalized spacial score (nSPS) is 14.7. The number of esters is 1. The van der Waals surface area contributed by atoms with Gasteiger partial charge >= 0.3 is 12.1 Å². The second kappa shape index (κ2) is 10.8. The number of methoxy groups -OCH3 is 1. The number of aromatic nitrogens is 2. The van der Waals surface area contributed by atoms with Crippen LogP contribution >= 0.6 is 0 Å². The largest absolute Gasteiger partial charge is 0.465 e. The Balaban J connectivity index is 1.58. The second-order valence-corrected chi connectivity index (χ2v) is 8.83. The Morgan fingerprint density at radius 2 is 1.84 bits per heavy atom. The van der Waals surface area contributed by atoms with Crippen molar-refractivity contribution < 1.29 is 27.1 Å². The molecule has 0 atom stereocenters. The standard InChI is InChI=1S/C25H27F4N5O3/c1-32-22(35)19-14-17(26)13-16(7-8-30-20-6-4-3-5-18(20)23(36)37-2)21(19)31-24(32)34-11-9-33(10-12-34)15-25(27,28)29/h3-6,13-14,30H,7-12,15H2,1-2H3. The van der Waals surface area contributed by atoms with Crippen LogP contribution in [0.2, 0.25) is 0 Å². The highest BCUT2D eigenvalue weighted by Gasteiger charge is 2.32. The van der Waals surface area contributed by atoms with Crippen LogP contribution in [0.4, 0.5) is 29.2 Å². The van der Waals surface area contributed by atoms with Crippen LogP contribution in [-0.2, 0) is 18.2 Å². The van der Waals surface area contributed by atoms with Gasteiger partial charge in [0.2, 0.25) is 5.95 Å². The molecule has 0 bridgehead atoms. The Labute approximate surface area is 210 Å². The Morgan fingerprint density at radius 3 is 2.51 bits per heavy atom. The van der Waals surface area contributed by atoms with Gasteiger partial charge in [-0.1, -0.05) is 12.1 Å². The number of ether oxygens (including phenoxy) is 1. The maximum Gasteiger partial charge on any atom is 0.401 e. The van der Waals surface area contributed by atoms with E-state index in [9.17, 15) is 27.2 Å². The van der Waals surface area contributed by atoms with Crippen molar-refractivity contribution in [3.63, 3.8) is 0 Å². The number of carbonyl (C=O) groups excluding carboxylic acids is 1. The summed E-state index contributed by atoms with van der Waals surface area (Å²) in [5, 5.41) is 3.26. The number of fused-ring (bicyclic) bond motifs is 1. The van der Waals surface area contributed by atoms with Crippen molar-refractivity contribution in [2.75, 3.05) is 56.6 Å². The first kappa shape index (κ1) is 26.4. The number of anilines is 2. The summed E-state index contributed by atoms with van der Waals surface area (Å²) in [7, 11) is 2.81. The van der Waals surface area contributed by atoms with E-state index in [4.69, 9.17) is 4.74 Å².